The van der Waals surface area contributed by atoms with Gasteiger partial charge in [0.05, 0.1) is 0 Å². The molecule has 6 nitrogen and oxygen atoms in total. The number of nitrogens with zero attached hydrogens (tertiary/aromatic N) is 3. The van der Waals surface area contributed by atoms with E-state index in [0.29, 0.717) is 11.5 Å². The van der Waals surface area contributed by atoms with E-state index in [1.165, 1.54) is 0 Å². The minimum atomic E-state index is -0.257. The number of anilines is 1. The van der Waals surface area contributed by atoms with Gasteiger partial charge in [-0.05, 0) is 43.5 Å². The van der Waals surface area contributed by atoms with Crippen LogP contribution in [-0.4, -0.2) is 27.2 Å². The Kier molecular flexibility index (Phi) is 3.37. The fourth-order valence-electron chi connectivity index (χ4n) is 2.37. The molecule has 6 heteroatoms. The number of nitrogens with two attached hydrogens (primary N) is 1. The summed E-state index contributed by atoms with van der Waals surface area (Å²) >= 11 is 0. The highest BCUT2D eigenvalue weighted by molar-refractivity contribution is 5.80. The molecule has 3 rings (SSSR count). The van der Waals surface area contributed by atoms with Gasteiger partial charge in [-0.25, -0.2) is 9.67 Å². The van der Waals surface area contributed by atoms with E-state index in [2.05, 4.69) is 15.4 Å². The molecule has 0 saturated carbocycles. The van der Waals surface area contributed by atoms with Crippen LogP contribution in [0.15, 0.2) is 30.6 Å². The normalized spacial score (nSPS) is 19.4. The first-order valence-corrected chi connectivity index (χ1v) is 6.79. The van der Waals surface area contributed by atoms with Gasteiger partial charge in [0.2, 0.25) is 5.91 Å². The van der Waals surface area contributed by atoms with Crippen LogP contribution in [0.2, 0.25) is 0 Å². The molecule has 1 aliphatic rings. The van der Waals surface area contributed by atoms with Crippen molar-refractivity contribution >= 4 is 11.6 Å². The fraction of sp³-hybridized carbons (Fsp3) is 0.357. The second-order valence-electron chi connectivity index (χ2n) is 4.97. The molecular formula is C14H17N5O. The Morgan fingerprint density at radius 1 is 1.25 bits per heavy atom. The van der Waals surface area contributed by atoms with Gasteiger partial charge < -0.3 is 11.1 Å². The third-order valence-corrected chi connectivity index (χ3v) is 3.50. The molecule has 1 saturated heterocycles. The highest BCUT2D eigenvalue weighted by Crippen LogP contribution is 2.20. The monoisotopic (exact) mass is 271 g/mol. The molecule has 20 heavy (non-hydrogen) atoms. The van der Waals surface area contributed by atoms with E-state index in [1.807, 2.05) is 24.3 Å². The molecule has 1 fully saturated rings. The second-order valence-corrected chi connectivity index (χ2v) is 4.97. The van der Waals surface area contributed by atoms with Crippen LogP contribution in [0.5, 0.6) is 0 Å². The minimum Gasteiger partial charge on any atom is -0.399 e. The summed E-state index contributed by atoms with van der Waals surface area (Å²) in [5.74, 6) is 0.637. The number of carbonyl (C=O) groups is 1. The summed E-state index contributed by atoms with van der Waals surface area (Å²) in [6.45, 7) is 0.745. The van der Waals surface area contributed by atoms with Crippen LogP contribution in [0.1, 0.15) is 25.3 Å². The first-order valence-electron chi connectivity index (χ1n) is 6.79. The first-order chi connectivity index (χ1) is 9.74. The maximum Gasteiger partial charge on any atom is 0.244 e. The van der Waals surface area contributed by atoms with E-state index in [0.717, 1.165) is 31.4 Å². The molecule has 1 amide bonds. The Bertz CT molecular complexity index is 604. The van der Waals surface area contributed by atoms with Crippen LogP contribution in [0.3, 0.4) is 0 Å². The van der Waals surface area contributed by atoms with Gasteiger partial charge in [-0.15, -0.1) is 0 Å². The lowest BCUT2D eigenvalue weighted by Crippen LogP contribution is -2.31. The van der Waals surface area contributed by atoms with Crippen molar-refractivity contribution in [1.82, 2.24) is 20.1 Å². The van der Waals surface area contributed by atoms with E-state index < -0.39 is 0 Å². The molecule has 2 heterocycles. The zero-order valence-electron chi connectivity index (χ0n) is 11.1. The summed E-state index contributed by atoms with van der Waals surface area (Å²) in [4.78, 5) is 16.3. The average molecular weight is 271 g/mol. The maximum atomic E-state index is 12.0. The summed E-state index contributed by atoms with van der Waals surface area (Å²) in [5, 5.41) is 7.34. The van der Waals surface area contributed by atoms with E-state index in [1.54, 1.807) is 11.0 Å². The second kappa shape index (κ2) is 5.32. The largest absolute Gasteiger partial charge is 0.399 e. The van der Waals surface area contributed by atoms with Crippen LogP contribution >= 0.6 is 0 Å². The lowest BCUT2D eigenvalue weighted by atomic mass is 10.1. The first kappa shape index (κ1) is 12.7. The van der Waals surface area contributed by atoms with Gasteiger partial charge in [-0.2, -0.15) is 5.10 Å². The Balaban J connectivity index is 1.85. The molecular weight excluding hydrogens is 254 g/mol. The van der Waals surface area contributed by atoms with E-state index in [-0.39, 0.29) is 11.9 Å². The molecule has 1 atom stereocenters. The lowest BCUT2D eigenvalue weighted by molar-refractivity contribution is -0.124. The number of nitrogen functional groups attached to an aromatic ring is 1. The van der Waals surface area contributed by atoms with Crippen molar-refractivity contribution in [1.29, 1.82) is 0 Å². The van der Waals surface area contributed by atoms with Crippen molar-refractivity contribution < 1.29 is 4.79 Å². The average Bonchev–Trinajstić information content (AvgIpc) is 2.83. The predicted molar refractivity (Wildman–Crippen MR) is 75.8 cm³/mol. The number of benzene rings is 1. The number of rotatable bonds is 2. The standard InChI is InChI=1S/C14H17N5O/c15-11-6-4-10(5-7-11)13-17-9-19(18-13)12-3-1-2-8-16-14(12)20/h4-7,9,12H,1-3,8,15H2,(H,16,20). The number of hydrogen-bond donors (Lipinski definition) is 2. The molecule has 104 valence electrons. The summed E-state index contributed by atoms with van der Waals surface area (Å²) < 4.78 is 1.66. The van der Waals surface area contributed by atoms with Crippen molar-refractivity contribution in [2.24, 2.45) is 0 Å². The quantitative estimate of drug-likeness (QED) is 0.808. The molecule has 1 aromatic carbocycles. The number of nitrogens with one attached hydrogen (secondary N) is 1. The van der Waals surface area contributed by atoms with Crippen molar-refractivity contribution in [2.75, 3.05) is 12.3 Å². The number of amides is 1. The Hall–Kier alpha value is -2.37. The SMILES string of the molecule is Nc1ccc(-c2ncn(C3CCCCNC3=O)n2)cc1. The highest BCUT2D eigenvalue weighted by Gasteiger charge is 2.23. The molecule has 1 aromatic heterocycles. The topological polar surface area (TPSA) is 85.8 Å². The van der Waals surface area contributed by atoms with Crippen LogP contribution in [0.4, 0.5) is 5.69 Å². The van der Waals surface area contributed by atoms with E-state index in [9.17, 15) is 4.79 Å². The Morgan fingerprint density at radius 2 is 2.05 bits per heavy atom. The molecule has 0 bridgehead atoms. The minimum absolute atomic E-state index is 0.0243. The Labute approximate surface area is 117 Å². The van der Waals surface area contributed by atoms with Crippen LogP contribution in [0, 0.1) is 0 Å². The van der Waals surface area contributed by atoms with Gasteiger partial charge in [0.25, 0.3) is 0 Å². The molecule has 1 aliphatic heterocycles. The number of carbonyl (C=O) groups excluding carboxylic acids is 1. The van der Waals surface area contributed by atoms with Crippen LogP contribution in [0.25, 0.3) is 11.4 Å². The van der Waals surface area contributed by atoms with Crippen molar-refractivity contribution in [3.8, 4) is 11.4 Å². The van der Waals surface area contributed by atoms with Gasteiger partial charge in [0.1, 0.15) is 12.4 Å². The van der Waals surface area contributed by atoms with Gasteiger partial charge in [-0.1, -0.05) is 0 Å². The van der Waals surface area contributed by atoms with Gasteiger partial charge in [0.15, 0.2) is 5.82 Å². The van der Waals surface area contributed by atoms with Crippen molar-refractivity contribution in [3.05, 3.63) is 30.6 Å². The highest BCUT2D eigenvalue weighted by atomic mass is 16.2. The third-order valence-electron chi connectivity index (χ3n) is 3.50. The Morgan fingerprint density at radius 3 is 2.85 bits per heavy atom. The van der Waals surface area contributed by atoms with Crippen LogP contribution < -0.4 is 11.1 Å². The molecule has 0 aliphatic carbocycles. The lowest BCUT2D eigenvalue weighted by Gasteiger charge is -2.12. The van der Waals surface area contributed by atoms with Crippen molar-refractivity contribution in [3.63, 3.8) is 0 Å². The molecule has 2 aromatic rings. The number of hydrogen-bond acceptors (Lipinski definition) is 4. The zero-order valence-corrected chi connectivity index (χ0v) is 11.1. The summed E-state index contributed by atoms with van der Waals surface area (Å²) in [7, 11) is 0. The fourth-order valence-corrected chi connectivity index (χ4v) is 2.37. The third kappa shape index (κ3) is 2.49. The van der Waals surface area contributed by atoms with Gasteiger partial charge >= 0.3 is 0 Å². The zero-order chi connectivity index (χ0) is 13.9. The molecule has 1 unspecified atom stereocenters. The maximum absolute atomic E-state index is 12.0. The molecule has 0 spiro atoms. The van der Waals surface area contributed by atoms with E-state index in [4.69, 9.17) is 5.73 Å². The van der Waals surface area contributed by atoms with Gasteiger partial charge in [-0.3, -0.25) is 4.79 Å². The van der Waals surface area contributed by atoms with E-state index >= 15 is 0 Å². The molecule has 3 N–H and O–H groups in total. The summed E-state index contributed by atoms with van der Waals surface area (Å²) in [6, 6.07) is 7.13. The summed E-state index contributed by atoms with van der Waals surface area (Å²) in [5.41, 5.74) is 7.26. The number of aromatic nitrogens is 3. The van der Waals surface area contributed by atoms with Gasteiger partial charge in [0, 0.05) is 17.8 Å². The summed E-state index contributed by atoms with van der Waals surface area (Å²) in [6.07, 6.45) is 4.46. The predicted octanol–water partition coefficient (Wildman–Crippen LogP) is 1.37. The molecule has 0 radical (unpaired) electrons. The smallest absolute Gasteiger partial charge is 0.244 e. The van der Waals surface area contributed by atoms with Crippen molar-refractivity contribution in [2.45, 2.75) is 25.3 Å². The van der Waals surface area contributed by atoms with Crippen LogP contribution in [-0.2, 0) is 4.79 Å².